The fourth-order valence-electron chi connectivity index (χ4n) is 1.42. The summed E-state index contributed by atoms with van der Waals surface area (Å²) < 4.78 is 0. The number of halogens is 1. The van der Waals surface area contributed by atoms with Gasteiger partial charge in [-0.3, -0.25) is 0 Å². The third kappa shape index (κ3) is 4.68. The van der Waals surface area contributed by atoms with Crippen molar-refractivity contribution in [2.45, 2.75) is 52.6 Å². The molecule has 1 atom stereocenters. The van der Waals surface area contributed by atoms with Crippen LogP contribution in [0.25, 0.3) is 0 Å². The summed E-state index contributed by atoms with van der Waals surface area (Å²) in [4.78, 5) is 4.69. The molecule has 1 rings (SSSR count). The second kappa shape index (κ2) is 6.30. The zero-order valence-electron chi connectivity index (χ0n) is 11.4. The zero-order valence-corrected chi connectivity index (χ0v) is 13.8. The summed E-state index contributed by atoms with van der Waals surface area (Å²) in [5, 5.41) is 7.90. The van der Waals surface area contributed by atoms with E-state index in [0.29, 0.717) is 12.0 Å². The van der Waals surface area contributed by atoms with E-state index in [-0.39, 0.29) is 5.41 Å². The van der Waals surface area contributed by atoms with Gasteiger partial charge in [0.05, 0.1) is 5.69 Å². The van der Waals surface area contributed by atoms with Gasteiger partial charge in [-0.2, -0.15) is 0 Å². The van der Waals surface area contributed by atoms with Crippen LogP contribution in [0.2, 0.25) is 0 Å². The summed E-state index contributed by atoms with van der Waals surface area (Å²) >= 11 is 5.30. The number of hydrogen-bond donors (Lipinski definition) is 1. The summed E-state index contributed by atoms with van der Waals surface area (Å²) in [7, 11) is 0. The Balaban J connectivity index is 2.56. The molecule has 1 aromatic heterocycles. The largest absolute Gasteiger partial charge is 0.307 e. The minimum Gasteiger partial charge on any atom is -0.307 e. The number of nitrogens with zero attached hydrogens (tertiary/aromatic N) is 1. The SMILES string of the molecule is CC(C)C(CBr)NCc1nc(C(C)(C)C)cs1. The molecule has 17 heavy (non-hydrogen) atoms. The van der Waals surface area contributed by atoms with Crippen molar-refractivity contribution in [1.82, 2.24) is 10.3 Å². The minimum atomic E-state index is 0.154. The number of rotatable bonds is 5. The lowest BCUT2D eigenvalue weighted by atomic mass is 9.93. The molecule has 0 aromatic carbocycles. The zero-order chi connectivity index (χ0) is 13.1. The first-order chi connectivity index (χ1) is 7.84. The van der Waals surface area contributed by atoms with E-state index in [9.17, 15) is 0 Å². The molecule has 0 saturated carbocycles. The normalized spacial score (nSPS) is 14.3. The van der Waals surface area contributed by atoms with Gasteiger partial charge < -0.3 is 5.32 Å². The van der Waals surface area contributed by atoms with Crippen LogP contribution < -0.4 is 5.32 Å². The molecule has 0 amide bonds. The molecule has 1 heterocycles. The molecule has 1 N–H and O–H groups in total. The average molecular weight is 319 g/mol. The van der Waals surface area contributed by atoms with E-state index in [1.54, 1.807) is 11.3 Å². The fourth-order valence-corrected chi connectivity index (χ4v) is 3.37. The number of hydrogen-bond acceptors (Lipinski definition) is 3. The molecule has 4 heteroatoms. The van der Waals surface area contributed by atoms with Crippen molar-refractivity contribution in [3.63, 3.8) is 0 Å². The highest BCUT2D eigenvalue weighted by Gasteiger charge is 2.18. The molecule has 0 bridgehead atoms. The monoisotopic (exact) mass is 318 g/mol. The Kier molecular flexibility index (Phi) is 5.61. The van der Waals surface area contributed by atoms with Gasteiger partial charge in [-0.05, 0) is 5.92 Å². The van der Waals surface area contributed by atoms with Gasteiger partial charge in [0.15, 0.2) is 0 Å². The quantitative estimate of drug-likeness (QED) is 0.831. The van der Waals surface area contributed by atoms with E-state index in [4.69, 9.17) is 0 Å². The van der Waals surface area contributed by atoms with Crippen molar-refractivity contribution < 1.29 is 0 Å². The number of thiazole rings is 1. The molecule has 0 fully saturated rings. The van der Waals surface area contributed by atoms with Crippen LogP contribution >= 0.6 is 27.3 Å². The van der Waals surface area contributed by atoms with Gasteiger partial charge in [-0.1, -0.05) is 50.5 Å². The van der Waals surface area contributed by atoms with E-state index in [0.717, 1.165) is 11.9 Å². The molecular weight excluding hydrogens is 296 g/mol. The molecule has 98 valence electrons. The van der Waals surface area contributed by atoms with Gasteiger partial charge in [-0.25, -0.2) is 4.98 Å². The third-order valence-corrected chi connectivity index (χ3v) is 4.35. The highest BCUT2D eigenvalue weighted by Crippen LogP contribution is 2.23. The van der Waals surface area contributed by atoms with Gasteiger partial charge >= 0.3 is 0 Å². The maximum atomic E-state index is 4.69. The van der Waals surface area contributed by atoms with Crippen molar-refractivity contribution in [2.75, 3.05) is 5.33 Å². The Hall–Kier alpha value is 0.0700. The second-order valence-electron chi connectivity index (χ2n) is 5.76. The van der Waals surface area contributed by atoms with E-state index in [2.05, 4.69) is 66.2 Å². The Morgan fingerprint density at radius 1 is 1.41 bits per heavy atom. The lowest BCUT2D eigenvalue weighted by molar-refractivity contribution is 0.433. The van der Waals surface area contributed by atoms with Gasteiger partial charge in [0.1, 0.15) is 5.01 Å². The Labute approximate surface area is 117 Å². The molecule has 1 unspecified atom stereocenters. The van der Waals surface area contributed by atoms with Crippen molar-refractivity contribution in [1.29, 1.82) is 0 Å². The highest BCUT2D eigenvalue weighted by atomic mass is 79.9. The first kappa shape index (κ1) is 15.1. The van der Waals surface area contributed by atoms with Crippen LogP contribution in [0, 0.1) is 5.92 Å². The van der Waals surface area contributed by atoms with E-state index >= 15 is 0 Å². The molecule has 0 aliphatic heterocycles. The summed E-state index contributed by atoms with van der Waals surface area (Å²) in [6, 6.07) is 0.511. The summed E-state index contributed by atoms with van der Waals surface area (Å²) in [5.41, 5.74) is 1.35. The number of alkyl halides is 1. The predicted octanol–water partition coefficient (Wildman–Crippen LogP) is 3.95. The smallest absolute Gasteiger partial charge is 0.107 e. The predicted molar refractivity (Wildman–Crippen MR) is 80.1 cm³/mol. The number of nitrogens with one attached hydrogen (secondary N) is 1. The maximum Gasteiger partial charge on any atom is 0.107 e. The van der Waals surface area contributed by atoms with Gasteiger partial charge in [-0.15, -0.1) is 11.3 Å². The Morgan fingerprint density at radius 3 is 2.47 bits per heavy atom. The molecule has 0 spiro atoms. The van der Waals surface area contributed by atoms with Crippen LogP contribution in [-0.2, 0) is 12.0 Å². The Bertz CT molecular complexity index is 341. The maximum absolute atomic E-state index is 4.69. The molecule has 0 radical (unpaired) electrons. The molecular formula is C13H23BrN2S. The van der Waals surface area contributed by atoms with E-state index < -0.39 is 0 Å². The van der Waals surface area contributed by atoms with Crippen molar-refractivity contribution in [3.05, 3.63) is 16.1 Å². The summed E-state index contributed by atoms with van der Waals surface area (Å²) in [5.74, 6) is 0.636. The van der Waals surface area contributed by atoms with E-state index in [1.807, 2.05) is 0 Å². The fraction of sp³-hybridized carbons (Fsp3) is 0.769. The topological polar surface area (TPSA) is 24.9 Å². The molecule has 0 saturated heterocycles. The van der Waals surface area contributed by atoms with E-state index in [1.165, 1.54) is 10.7 Å². The molecule has 2 nitrogen and oxygen atoms in total. The van der Waals surface area contributed by atoms with Crippen molar-refractivity contribution in [2.24, 2.45) is 5.92 Å². The molecule has 0 aliphatic carbocycles. The highest BCUT2D eigenvalue weighted by molar-refractivity contribution is 9.09. The van der Waals surface area contributed by atoms with Crippen LogP contribution in [0.5, 0.6) is 0 Å². The van der Waals surface area contributed by atoms with Crippen LogP contribution in [0.1, 0.15) is 45.3 Å². The summed E-state index contributed by atoms with van der Waals surface area (Å²) in [6.45, 7) is 12.0. The number of aromatic nitrogens is 1. The van der Waals surface area contributed by atoms with Gasteiger partial charge in [0, 0.05) is 28.7 Å². The summed E-state index contributed by atoms with van der Waals surface area (Å²) in [6.07, 6.45) is 0. The molecule has 1 aromatic rings. The first-order valence-corrected chi connectivity index (χ1v) is 8.09. The van der Waals surface area contributed by atoms with Gasteiger partial charge in [0.25, 0.3) is 0 Å². The average Bonchev–Trinajstić information content (AvgIpc) is 2.66. The third-order valence-electron chi connectivity index (χ3n) is 2.81. The van der Waals surface area contributed by atoms with Crippen molar-refractivity contribution >= 4 is 27.3 Å². The van der Waals surface area contributed by atoms with Crippen LogP contribution in [0.3, 0.4) is 0 Å². The van der Waals surface area contributed by atoms with Crippen LogP contribution in [0.4, 0.5) is 0 Å². The van der Waals surface area contributed by atoms with Crippen molar-refractivity contribution in [3.8, 4) is 0 Å². The van der Waals surface area contributed by atoms with Crippen LogP contribution in [0.15, 0.2) is 5.38 Å². The second-order valence-corrected chi connectivity index (χ2v) is 7.35. The Morgan fingerprint density at radius 2 is 2.06 bits per heavy atom. The molecule has 0 aliphatic rings. The lowest BCUT2D eigenvalue weighted by Crippen LogP contribution is -2.34. The first-order valence-electron chi connectivity index (χ1n) is 6.09. The standard InChI is InChI=1S/C13H23BrN2S/c1-9(2)10(6-14)15-7-12-16-11(8-17-12)13(3,4)5/h8-10,15H,6-7H2,1-5H3. The van der Waals surface area contributed by atoms with Crippen LogP contribution in [-0.4, -0.2) is 16.4 Å². The van der Waals surface area contributed by atoms with Gasteiger partial charge in [0.2, 0.25) is 0 Å². The lowest BCUT2D eigenvalue weighted by Gasteiger charge is -2.19. The minimum absolute atomic E-state index is 0.154.